The van der Waals surface area contributed by atoms with Crippen molar-refractivity contribution in [3.63, 3.8) is 0 Å². The quantitative estimate of drug-likeness (QED) is 0.479. The van der Waals surface area contributed by atoms with Crippen molar-refractivity contribution in [2.24, 2.45) is 0 Å². The van der Waals surface area contributed by atoms with Gasteiger partial charge in [0.25, 0.3) is 0 Å². The van der Waals surface area contributed by atoms with Crippen LogP contribution < -0.4 is 0 Å². The zero-order valence-electron chi connectivity index (χ0n) is 7.22. The molecule has 0 spiro atoms. The van der Waals surface area contributed by atoms with Crippen LogP contribution in [0, 0.1) is 0 Å². The fourth-order valence-corrected chi connectivity index (χ4v) is 0.750. The molecule has 0 heterocycles. The first kappa shape index (κ1) is 13.1. The van der Waals surface area contributed by atoms with Crippen LogP contribution in [0.2, 0.25) is 0 Å². The van der Waals surface area contributed by atoms with Gasteiger partial charge < -0.3 is 13.3 Å². The molecule has 10 heavy (non-hydrogen) atoms. The SMILES string of the molecule is CO[Si](OC)OC.CPC. The zero-order chi connectivity index (χ0) is 8.41. The molecule has 5 heteroatoms. The molecular formula is C5H16O3PSi. The molecule has 0 aliphatic carbocycles. The highest BCUT2D eigenvalue weighted by molar-refractivity contribution is 7.35. The minimum atomic E-state index is -1.36. The maximum atomic E-state index is 4.71. The number of hydrogen-bond donors (Lipinski definition) is 0. The summed E-state index contributed by atoms with van der Waals surface area (Å²) in [5.74, 6) is 0. The van der Waals surface area contributed by atoms with Crippen LogP contribution in [0.1, 0.15) is 0 Å². The smallest absolute Gasteiger partial charge is 0.375 e. The predicted molar refractivity (Wildman–Crippen MR) is 46.9 cm³/mol. The van der Waals surface area contributed by atoms with E-state index >= 15 is 0 Å². The van der Waals surface area contributed by atoms with Gasteiger partial charge in [-0.15, -0.1) is 8.58 Å². The number of hydrogen-bond acceptors (Lipinski definition) is 3. The molecule has 0 aliphatic heterocycles. The molecule has 0 saturated carbocycles. The monoisotopic (exact) mass is 183 g/mol. The standard InChI is InChI=1S/C3H9O3Si.C2H7P/c1-4-7(5-2)6-3;1-3-2/h1-3H3;3H,1-2H3. The molecule has 3 nitrogen and oxygen atoms in total. The predicted octanol–water partition coefficient (Wildman–Crippen LogP) is 0.835. The van der Waals surface area contributed by atoms with Gasteiger partial charge in [0.1, 0.15) is 0 Å². The summed E-state index contributed by atoms with van der Waals surface area (Å²) in [5, 5.41) is 0. The second-order valence-corrected chi connectivity index (χ2v) is 4.09. The molecule has 0 saturated heterocycles. The van der Waals surface area contributed by atoms with Crippen LogP contribution in [-0.4, -0.2) is 44.2 Å². The Morgan fingerprint density at radius 3 is 1.10 bits per heavy atom. The van der Waals surface area contributed by atoms with Crippen molar-refractivity contribution < 1.29 is 13.3 Å². The molecule has 0 bridgehead atoms. The van der Waals surface area contributed by atoms with Crippen LogP contribution in [0.25, 0.3) is 0 Å². The van der Waals surface area contributed by atoms with Gasteiger partial charge in [0.2, 0.25) is 0 Å². The third-order valence-corrected chi connectivity index (χ3v) is 1.50. The van der Waals surface area contributed by atoms with E-state index < -0.39 is 9.53 Å². The van der Waals surface area contributed by atoms with Gasteiger partial charge in [-0.3, -0.25) is 0 Å². The summed E-state index contributed by atoms with van der Waals surface area (Å²) in [6.45, 7) is 4.31. The lowest BCUT2D eigenvalue weighted by atomic mass is 11.8. The van der Waals surface area contributed by atoms with Crippen molar-refractivity contribution in [3.8, 4) is 0 Å². The highest BCUT2D eigenvalue weighted by Crippen LogP contribution is 1.84. The summed E-state index contributed by atoms with van der Waals surface area (Å²) >= 11 is 0. The fraction of sp³-hybridized carbons (Fsp3) is 1.00. The van der Waals surface area contributed by atoms with Crippen LogP contribution in [0.4, 0.5) is 0 Å². The lowest BCUT2D eigenvalue weighted by Crippen LogP contribution is -2.21. The van der Waals surface area contributed by atoms with E-state index in [-0.39, 0.29) is 0 Å². The summed E-state index contributed by atoms with van der Waals surface area (Å²) in [7, 11) is 4.39. The molecule has 0 amide bonds. The van der Waals surface area contributed by atoms with Gasteiger partial charge in [0.05, 0.1) is 0 Å². The average Bonchev–Trinajstić information content (AvgIpc) is 1.93. The molecule has 0 unspecified atom stereocenters. The van der Waals surface area contributed by atoms with Crippen molar-refractivity contribution in [1.82, 2.24) is 0 Å². The molecule has 0 fully saturated rings. The van der Waals surface area contributed by atoms with Crippen LogP contribution in [0.5, 0.6) is 0 Å². The van der Waals surface area contributed by atoms with E-state index in [1.807, 2.05) is 0 Å². The van der Waals surface area contributed by atoms with Crippen LogP contribution in [0.15, 0.2) is 0 Å². The molecule has 0 aromatic heterocycles. The zero-order valence-corrected chi connectivity index (χ0v) is 9.22. The molecule has 0 aromatic rings. The largest absolute Gasteiger partial charge is 0.576 e. The van der Waals surface area contributed by atoms with Gasteiger partial charge in [0.15, 0.2) is 0 Å². The lowest BCUT2D eigenvalue weighted by Gasteiger charge is -2.02. The molecule has 63 valence electrons. The Kier molecular flexibility index (Phi) is 16.1. The van der Waals surface area contributed by atoms with Gasteiger partial charge in [-0.2, -0.15) is 0 Å². The van der Waals surface area contributed by atoms with Gasteiger partial charge in [0, 0.05) is 21.3 Å². The molecule has 0 aromatic carbocycles. The van der Waals surface area contributed by atoms with E-state index in [1.165, 1.54) is 0 Å². The first-order valence-corrected chi connectivity index (χ1v) is 6.06. The van der Waals surface area contributed by atoms with Gasteiger partial charge >= 0.3 is 9.53 Å². The highest BCUT2D eigenvalue weighted by atomic mass is 31.1. The van der Waals surface area contributed by atoms with Crippen LogP contribution in [0.3, 0.4) is 0 Å². The van der Waals surface area contributed by atoms with E-state index in [9.17, 15) is 0 Å². The van der Waals surface area contributed by atoms with E-state index in [4.69, 9.17) is 13.3 Å². The third-order valence-electron chi connectivity index (χ3n) is 0.500. The summed E-state index contributed by atoms with van der Waals surface area (Å²) in [6.07, 6.45) is 0. The van der Waals surface area contributed by atoms with Gasteiger partial charge in [-0.1, -0.05) is 0 Å². The first-order valence-electron chi connectivity index (χ1n) is 2.84. The minimum absolute atomic E-state index is 1.08. The van der Waals surface area contributed by atoms with E-state index in [0.717, 1.165) is 8.58 Å². The van der Waals surface area contributed by atoms with Crippen LogP contribution in [-0.2, 0) is 13.3 Å². The van der Waals surface area contributed by atoms with E-state index in [2.05, 4.69) is 13.3 Å². The molecule has 0 rings (SSSR count). The summed E-state index contributed by atoms with van der Waals surface area (Å²) < 4.78 is 14.1. The van der Waals surface area contributed by atoms with Crippen molar-refractivity contribution in [3.05, 3.63) is 0 Å². The maximum Gasteiger partial charge on any atom is 0.576 e. The Labute approximate surface area is 66.8 Å². The van der Waals surface area contributed by atoms with E-state index in [1.54, 1.807) is 21.3 Å². The second-order valence-electron chi connectivity index (χ2n) is 1.36. The summed E-state index contributed by atoms with van der Waals surface area (Å²) in [6, 6.07) is 0. The average molecular weight is 183 g/mol. The van der Waals surface area contributed by atoms with Crippen molar-refractivity contribution in [2.75, 3.05) is 34.7 Å². The van der Waals surface area contributed by atoms with Crippen molar-refractivity contribution in [1.29, 1.82) is 0 Å². The Morgan fingerprint density at radius 1 is 0.900 bits per heavy atom. The Hall–Kier alpha value is 0.527. The lowest BCUT2D eigenvalue weighted by molar-refractivity contribution is 0.163. The highest BCUT2D eigenvalue weighted by Gasteiger charge is 2.09. The third kappa shape index (κ3) is 11.3. The van der Waals surface area contributed by atoms with E-state index in [0.29, 0.717) is 0 Å². The number of rotatable bonds is 3. The molecule has 1 radical (unpaired) electrons. The molecule has 0 atom stereocenters. The maximum absolute atomic E-state index is 4.71. The first-order chi connectivity index (χ1) is 4.76. The van der Waals surface area contributed by atoms with Crippen LogP contribution >= 0.6 is 8.58 Å². The van der Waals surface area contributed by atoms with Gasteiger partial charge in [-0.25, -0.2) is 0 Å². The topological polar surface area (TPSA) is 27.7 Å². The fourth-order valence-electron chi connectivity index (χ4n) is 0.250. The Bertz CT molecular complexity index is 46.6. The van der Waals surface area contributed by atoms with Crippen molar-refractivity contribution in [2.45, 2.75) is 0 Å². The minimum Gasteiger partial charge on any atom is -0.375 e. The summed E-state index contributed by atoms with van der Waals surface area (Å²) in [5.41, 5.74) is 0. The Morgan fingerprint density at radius 2 is 1.10 bits per heavy atom. The van der Waals surface area contributed by atoms with Gasteiger partial charge in [-0.05, 0) is 13.3 Å². The molecule has 0 aliphatic rings. The molecule has 0 N–H and O–H groups in total. The second kappa shape index (κ2) is 12.2. The van der Waals surface area contributed by atoms with Crippen molar-refractivity contribution >= 4 is 18.1 Å². The normalized spacial score (nSPS) is 9.00. The summed E-state index contributed by atoms with van der Waals surface area (Å²) in [4.78, 5) is 0. The molecular weight excluding hydrogens is 167 g/mol. The Balaban J connectivity index is 0.